The number of amides is 2. The van der Waals surface area contributed by atoms with E-state index in [9.17, 15) is 9.90 Å². The smallest absolute Gasteiger partial charge is 0.319 e. The van der Waals surface area contributed by atoms with Crippen molar-refractivity contribution < 1.29 is 9.90 Å². The van der Waals surface area contributed by atoms with Crippen molar-refractivity contribution >= 4 is 11.7 Å². The number of aromatic nitrogens is 2. The number of anilines is 1. The van der Waals surface area contributed by atoms with E-state index in [1.54, 1.807) is 0 Å². The summed E-state index contributed by atoms with van der Waals surface area (Å²) in [6, 6.07) is 9.37. The molecule has 6 heteroatoms. The van der Waals surface area contributed by atoms with Crippen LogP contribution in [0.25, 0.3) is 0 Å². The Hall–Kier alpha value is -2.34. The second-order valence-electron chi connectivity index (χ2n) is 6.84. The van der Waals surface area contributed by atoms with Gasteiger partial charge < -0.3 is 15.7 Å². The second kappa shape index (κ2) is 7.70. The average molecular weight is 342 g/mol. The summed E-state index contributed by atoms with van der Waals surface area (Å²) in [5.74, 6) is 0. The number of aliphatic hydroxyl groups is 1. The Morgan fingerprint density at radius 3 is 2.80 bits per heavy atom. The van der Waals surface area contributed by atoms with E-state index in [4.69, 9.17) is 0 Å². The van der Waals surface area contributed by atoms with Gasteiger partial charge in [0, 0.05) is 11.4 Å². The molecule has 2 unspecified atom stereocenters. The summed E-state index contributed by atoms with van der Waals surface area (Å²) in [5, 5.41) is 20.2. The number of aryl methyl sites for hydroxylation is 2. The maximum atomic E-state index is 12.2. The van der Waals surface area contributed by atoms with Crippen molar-refractivity contribution in [3.63, 3.8) is 0 Å². The molecule has 1 heterocycles. The first-order chi connectivity index (χ1) is 12.0. The fraction of sp³-hybridized carbons (Fsp3) is 0.474. The van der Waals surface area contributed by atoms with Crippen molar-refractivity contribution in [3.8, 4) is 0 Å². The van der Waals surface area contributed by atoms with Crippen LogP contribution in [0.3, 0.4) is 0 Å². The molecule has 1 aromatic carbocycles. The zero-order valence-corrected chi connectivity index (χ0v) is 14.8. The predicted molar refractivity (Wildman–Crippen MR) is 97.7 cm³/mol. The van der Waals surface area contributed by atoms with Crippen molar-refractivity contribution in [1.29, 1.82) is 0 Å². The van der Waals surface area contributed by atoms with Gasteiger partial charge in [0.05, 0.1) is 24.4 Å². The Bertz CT molecular complexity index is 741. The summed E-state index contributed by atoms with van der Waals surface area (Å²) in [7, 11) is 0. The summed E-state index contributed by atoms with van der Waals surface area (Å²) in [4.78, 5) is 12.2. The van der Waals surface area contributed by atoms with Gasteiger partial charge in [0.25, 0.3) is 0 Å². The van der Waals surface area contributed by atoms with Gasteiger partial charge in [0.1, 0.15) is 0 Å². The Morgan fingerprint density at radius 2 is 2.08 bits per heavy atom. The van der Waals surface area contributed by atoms with Crippen LogP contribution >= 0.6 is 0 Å². The molecule has 1 aliphatic rings. The van der Waals surface area contributed by atoms with Crippen molar-refractivity contribution in [3.05, 3.63) is 47.3 Å². The van der Waals surface area contributed by atoms with Gasteiger partial charge in [0.2, 0.25) is 0 Å². The minimum absolute atomic E-state index is 0.161. The standard InChI is InChI=1S/C19H26N4O2/c1-13-10-14(2)23(22-13)12-15-6-5-7-16(11-15)20-19(25)21-17-8-3-4-9-18(17)24/h5-7,10-11,17-18,24H,3-4,8-9,12H2,1-2H3,(H2,20,21,25). The van der Waals surface area contributed by atoms with E-state index in [1.807, 2.05) is 48.9 Å². The first-order valence-corrected chi connectivity index (χ1v) is 8.87. The van der Waals surface area contributed by atoms with Gasteiger partial charge in [-0.3, -0.25) is 4.68 Å². The van der Waals surface area contributed by atoms with Crippen LogP contribution in [0.5, 0.6) is 0 Å². The first kappa shape index (κ1) is 17.5. The number of aliphatic hydroxyl groups excluding tert-OH is 1. The summed E-state index contributed by atoms with van der Waals surface area (Å²) < 4.78 is 1.95. The van der Waals surface area contributed by atoms with Crippen LogP contribution in [0.1, 0.15) is 42.6 Å². The molecule has 2 atom stereocenters. The third kappa shape index (κ3) is 4.60. The number of benzene rings is 1. The van der Waals surface area contributed by atoms with Crippen molar-refractivity contribution in [2.75, 3.05) is 5.32 Å². The highest BCUT2D eigenvalue weighted by atomic mass is 16.3. The Labute approximate surface area is 148 Å². The van der Waals surface area contributed by atoms with Crippen molar-refractivity contribution in [1.82, 2.24) is 15.1 Å². The molecule has 0 bridgehead atoms. The molecule has 1 saturated carbocycles. The molecule has 25 heavy (non-hydrogen) atoms. The van der Waals surface area contributed by atoms with Crippen molar-refractivity contribution in [2.24, 2.45) is 0 Å². The zero-order chi connectivity index (χ0) is 17.8. The lowest BCUT2D eigenvalue weighted by molar-refractivity contribution is 0.0955. The maximum Gasteiger partial charge on any atom is 0.319 e. The third-order valence-corrected chi connectivity index (χ3v) is 4.67. The highest BCUT2D eigenvalue weighted by Gasteiger charge is 2.24. The third-order valence-electron chi connectivity index (χ3n) is 4.67. The maximum absolute atomic E-state index is 12.2. The van der Waals surface area contributed by atoms with Gasteiger partial charge in [-0.15, -0.1) is 0 Å². The number of nitrogens with zero attached hydrogens (tertiary/aromatic N) is 2. The van der Waals surface area contributed by atoms with Crippen LogP contribution in [0.15, 0.2) is 30.3 Å². The molecule has 0 saturated heterocycles. The minimum atomic E-state index is -0.447. The SMILES string of the molecule is Cc1cc(C)n(Cc2cccc(NC(=O)NC3CCCCC3O)c2)n1. The van der Waals surface area contributed by atoms with Crippen LogP contribution < -0.4 is 10.6 Å². The topological polar surface area (TPSA) is 79.2 Å². The van der Waals surface area contributed by atoms with Crippen LogP contribution in [0.4, 0.5) is 10.5 Å². The largest absolute Gasteiger partial charge is 0.391 e. The second-order valence-corrected chi connectivity index (χ2v) is 6.84. The molecule has 1 aliphatic carbocycles. The Morgan fingerprint density at radius 1 is 1.28 bits per heavy atom. The molecule has 2 aromatic rings. The van der Waals surface area contributed by atoms with E-state index in [1.165, 1.54) is 0 Å². The number of urea groups is 1. The van der Waals surface area contributed by atoms with Gasteiger partial charge in [-0.25, -0.2) is 4.79 Å². The molecule has 6 nitrogen and oxygen atoms in total. The van der Waals surface area contributed by atoms with E-state index in [2.05, 4.69) is 15.7 Å². The van der Waals surface area contributed by atoms with Gasteiger partial charge in [-0.05, 0) is 50.5 Å². The summed E-state index contributed by atoms with van der Waals surface area (Å²) in [5.41, 5.74) is 3.92. The Kier molecular flexibility index (Phi) is 5.38. The van der Waals surface area contributed by atoms with E-state index < -0.39 is 6.10 Å². The zero-order valence-electron chi connectivity index (χ0n) is 14.8. The molecular weight excluding hydrogens is 316 g/mol. The normalized spacial score (nSPS) is 20.3. The molecule has 0 radical (unpaired) electrons. The fourth-order valence-corrected chi connectivity index (χ4v) is 3.37. The molecule has 2 amide bonds. The molecule has 1 aromatic heterocycles. The Balaban J connectivity index is 1.61. The molecule has 0 aliphatic heterocycles. The number of rotatable bonds is 4. The van der Waals surface area contributed by atoms with E-state index in [-0.39, 0.29) is 12.1 Å². The predicted octanol–water partition coefficient (Wildman–Crippen LogP) is 2.97. The molecule has 3 N–H and O–H groups in total. The van der Waals surface area contributed by atoms with Gasteiger partial charge in [0.15, 0.2) is 0 Å². The molecule has 134 valence electrons. The number of hydrogen-bond acceptors (Lipinski definition) is 3. The average Bonchev–Trinajstić information content (AvgIpc) is 2.87. The monoisotopic (exact) mass is 342 g/mol. The fourth-order valence-electron chi connectivity index (χ4n) is 3.37. The minimum Gasteiger partial charge on any atom is -0.391 e. The number of carbonyl (C=O) groups excluding carboxylic acids is 1. The first-order valence-electron chi connectivity index (χ1n) is 8.87. The van der Waals surface area contributed by atoms with Crippen LogP contribution in [-0.4, -0.2) is 33.1 Å². The number of carbonyl (C=O) groups is 1. The van der Waals surface area contributed by atoms with Gasteiger partial charge in [-0.1, -0.05) is 25.0 Å². The molecule has 3 rings (SSSR count). The highest BCUT2D eigenvalue weighted by molar-refractivity contribution is 5.89. The molecule has 0 spiro atoms. The van der Waals surface area contributed by atoms with Crippen molar-refractivity contribution in [2.45, 2.75) is 58.2 Å². The number of nitrogens with one attached hydrogen (secondary N) is 2. The van der Waals surface area contributed by atoms with Gasteiger partial charge in [-0.2, -0.15) is 5.10 Å². The highest BCUT2D eigenvalue weighted by Crippen LogP contribution is 2.19. The van der Waals surface area contributed by atoms with E-state index >= 15 is 0 Å². The lowest BCUT2D eigenvalue weighted by Gasteiger charge is -2.28. The molecular formula is C19H26N4O2. The lowest BCUT2D eigenvalue weighted by Crippen LogP contribution is -2.46. The van der Waals surface area contributed by atoms with Gasteiger partial charge >= 0.3 is 6.03 Å². The van der Waals surface area contributed by atoms with E-state index in [0.717, 1.165) is 48.3 Å². The van der Waals surface area contributed by atoms with Crippen LogP contribution in [0, 0.1) is 13.8 Å². The summed E-state index contributed by atoms with van der Waals surface area (Å²) in [6.07, 6.45) is 3.20. The lowest BCUT2D eigenvalue weighted by atomic mass is 9.93. The van der Waals surface area contributed by atoms with Crippen LogP contribution in [-0.2, 0) is 6.54 Å². The summed E-state index contributed by atoms with van der Waals surface area (Å²) >= 11 is 0. The molecule has 1 fully saturated rings. The van der Waals surface area contributed by atoms with Crippen LogP contribution in [0.2, 0.25) is 0 Å². The number of hydrogen-bond donors (Lipinski definition) is 3. The quantitative estimate of drug-likeness (QED) is 0.799. The summed E-state index contributed by atoms with van der Waals surface area (Å²) in [6.45, 7) is 4.68. The van der Waals surface area contributed by atoms with E-state index in [0.29, 0.717) is 6.54 Å².